The highest BCUT2D eigenvalue weighted by molar-refractivity contribution is 7.96. The number of epoxide rings is 1. The lowest BCUT2D eigenvalue weighted by Crippen LogP contribution is -2.56. The minimum absolute atomic E-state index is 0.0277. The SMILES string of the molecule is CC12CC3OC34C(CCC3=CC(=O)C=CC34C)C1CCC2C(=O)S. The molecule has 24 heavy (non-hydrogen) atoms. The topological polar surface area (TPSA) is 46.7 Å². The van der Waals surface area contributed by atoms with E-state index in [1.807, 2.05) is 6.08 Å². The summed E-state index contributed by atoms with van der Waals surface area (Å²) in [6.07, 6.45) is 11.0. The summed E-state index contributed by atoms with van der Waals surface area (Å²) < 4.78 is 6.47. The second kappa shape index (κ2) is 4.45. The molecular formula is C20H24O3S. The van der Waals surface area contributed by atoms with Gasteiger partial charge in [-0.2, -0.15) is 0 Å². The second-order valence-electron chi connectivity index (χ2n) is 8.94. The first-order valence-corrected chi connectivity index (χ1v) is 9.62. The average Bonchev–Trinajstić information content (AvgIpc) is 3.12. The van der Waals surface area contributed by atoms with Gasteiger partial charge in [0, 0.05) is 11.3 Å². The number of thiol groups is 1. The number of ketones is 1. The number of hydrogen-bond acceptors (Lipinski definition) is 3. The minimum atomic E-state index is -0.154. The molecule has 0 aromatic heterocycles. The van der Waals surface area contributed by atoms with Crippen molar-refractivity contribution in [3.63, 3.8) is 0 Å². The van der Waals surface area contributed by atoms with Crippen LogP contribution in [0.5, 0.6) is 0 Å². The zero-order valence-electron chi connectivity index (χ0n) is 14.2. The molecule has 1 aliphatic heterocycles. The van der Waals surface area contributed by atoms with Gasteiger partial charge >= 0.3 is 0 Å². The molecule has 3 nitrogen and oxygen atoms in total. The van der Waals surface area contributed by atoms with Gasteiger partial charge in [-0.15, -0.1) is 12.6 Å². The Labute approximate surface area is 148 Å². The number of carbonyl (C=O) groups excluding carboxylic acids is 2. The van der Waals surface area contributed by atoms with Crippen molar-refractivity contribution in [1.29, 1.82) is 0 Å². The highest BCUT2D eigenvalue weighted by Gasteiger charge is 2.78. The smallest absolute Gasteiger partial charge is 0.189 e. The summed E-state index contributed by atoms with van der Waals surface area (Å²) in [6, 6.07) is 0. The van der Waals surface area contributed by atoms with E-state index in [2.05, 4.69) is 32.6 Å². The Kier molecular flexibility index (Phi) is 2.85. The molecule has 0 N–H and O–H groups in total. The molecule has 0 bridgehead atoms. The van der Waals surface area contributed by atoms with Gasteiger partial charge in [0.05, 0.1) is 6.10 Å². The minimum Gasteiger partial charge on any atom is -0.364 e. The fraction of sp³-hybridized carbons (Fsp3) is 0.700. The summed E-state index contributed by atoms with van der Waals surface area (Å²) in [6.45, 7) is 4.55. The van der Waals surface area contributed by atoms with Gasteiger partial charge in [0.2, 0.25) is 0 Å². The molecule has 5 aliphatic rings. The Bertz CT molecular complexity index is 724. The molecule has 0 amide bonds. The normalized spacial score (nSPS) is 54.3. The fourth-order valence-electron chi connectivity index (χ4n) is 7.05. The van der Waals surface area contributed by atoms with Crippen LogP contribution in [0.4, 0.5) is 0 Å². The van der Waals surface area contributed by atoms with Crippen LogP contribution in [-0.2, 0) is 14.3 Å². The molecule has 1 spiro atoms. The third-order valence-corrected chi connectivity index (χ3v) is 8.54. The van der Waals surface area contributed by atoms with Gasteiger partial charge in [-0.3, -0.25) is 9.59 Å². The molecule has 1 saturated heterocycles. The summed E-state index contributed by atoms with van der Waals surface area (Å²) in [4.78, 5) is 23.9. The summed E-state index contributed by atoms with van der Waals surface area (Å²) >= 11 is 4.19. The summed E-state index contributed by atoms with van der Waals surface area (Å²) in [5.74, 6) is 1.19. The maximum atomic E-state index is 12.1. The standard InChI is InChI=1S/C20H24O3S/c1-18-10-16-20(23-16)14(13(18)5-6-15(18)17(22)24)4-3-11-9-12(21)7-8-19(11,20)2/h7-9,13-16H,3-6,10H2,1-2H3,(H,22,24). The Morgan fingerprint density at radius 1 is 1.25 bits per heavy atom. The molecule has 4 aliphatic carbocycles. The van der Waals surface area contributed by atoms with Gasteiger partial charge in [0.25, 0.3) is 0 Å². The molecule has 0 radical (unpaired) electrons. The molecule has 7 atom stereocenters. The monoisotopic (exact) mass is 344 g/mol. The summed E-state index contributed by atoms with van der Waals surface area (Å²) in [5, 5.41) is 0.0546. The lowest BCUT2D eigenvalue weighted by Gasteiger charge is -2.54. The van der Waals surface area contributed by atoms with Crippen molar-refractivity contribution < 1.29 is 14.3 Å². The number of ether oxygens (including phenoxy) is 1. The van der Waals surface area contributed by atoms with Gasteiger partial charge in [-0.1, -0.05) is 18.6 Å². The molecule has 5 rings (SSSR count). The molecule has 4 heteroatoms. The number of allylic oxidation sites excluding steroid dienone is 2. The van der Waals surface area contributed by atoms with E-state index in [0.29, 0.717) is 11.8 Å². The van der Waals surface area contributed by atoms with Crippen molar-refractivity contribution in [2.75, 3.05) is 0 Å². The highest BCUT2D eigenvalue weighted by atomic mass is 32.1. The predicted molar refractivity (Wildman–Crippen MR) is 93.6 cm³/mol. The van der Waals surface area contributed by atoms with Crippen LogP contribution in [0.3, 0.4) is 0 Å². The van der Waals surface area contributed by atoms with E-state index < -0.39 is 0 Å². The maximum absolute atomic E-state index is 12.1. The number of fused-ring (bicyclic) bond motifs is 3. The van der Waals surface area contributed by atoms with Crippen LogP contribution in [0, 0.1) is 28.6 Å². The number of hydrogen-bond donors (Lipinski definition) is 1. The van der Waals surface area contributed by atoms with Crippen LogP contribution in [0.25, 0.3) is 0 Å². The van der Waals surface area contributed by atoms with E-state index in [9.17, 15) is 9.59 Å². The number of carbonyl (C=O) groups is 2. The Morgan fingerprint density at radius 2 is 2.04 bits per heavy atom. The van der Waals surface area contributed by atoms with Crippen LogP contribution in [0.15, 0.2) is 23.8 Å². The average molecular weight is 344 g/mol. The van der Waals surface area contributed by atoms with Crippen LogP contribution in [-0.4, -0.2) is 22.6 Å². The van der Waals surface area contributed by atoms with Gasteiger partial charge in [0.1, 0.15) is 5.60 Å². The molecule has 1 heterocycles. The lowest BCUT2D eigenvalue weighted by atomic mass is 9.47. The quantitative estimate of drug-likeness (QED) is 0.585. The first-order chi connectivity index (χ1) is 11.3. The van der Waals surface area contributed by atoms with E-state index in [0.717, 1.165) is 32.1 Å². The van der Waals surface area contributed by atoms with E-state index in [1.54, 1.807) is 6.08 Å². The van der Waals surface area contributed by atoms with Crippen LogP contribution >= 0.6 is 12.6 Å². The maximum Gasteiger partial charge on any atom is 0.189 e. The zero-order valence-corrected chi connectivity index (χ0v) is 15.1. The largest absolute Gasteiger partial charge is 0.364 e. The molecule has 0 aromatic rings. The summed E-state index contributed by atoms with van der Waals surface area (Å²) in [7, 11) is 0. The molecule has 3 saturated carbocycles. The van der Waals surface area contributed by atoms with Crippen LogP contribution in [0.1, 0.15) is 46.0 Å². The van der Waals surface area contributed by atoms with Crippen molar-refractivity contribution in [2.45, 2.75) is 57.7 Å². The summed E-state index contributed by atoms with van der Waals surface area (Å²) in [5.41, 5.74) is 0.975. The van der Waals surface area contributed by atoms with E-state index in [1.165, 1.54) is 5.57 Å². The van der Waals surface area contributed by atoms with E-state index >= 15 is 0 Å². The van der Waals surface area contributed by atoms with Gasteiger partial charge < -0.3 is 4.74 Å². The van der Waals surface area contributed by atoms with Crippen molar-refractivity contribution in [3.05, 3.63) is 23.8 Å². The Balaban J connectivity index is 1.58. The van der Waals surface area contributed by atoms with Gasteiger partial charge in [-0.05, 0) is 68.4 Å². The first kappa shape index (κ1) is 15.4. The predicted octanol–water partition coefficient (Wildman–Crippen LogP) is 3.50. The van der Waals surface area contributed by atoms with E-state index in [4.69, 9.17) is 4.74 Å². The lowest BCUT2D eigenvalue weighted by molar-refractivity contribution is -0.119. The third kappa shape index (κ3) is 1.56. The van der Waals surface area contributed by atoms with Crippen molar-refractivity contribution in [2.24, 2.45) is 28.6 Å². The first-order valence-electron chi connectivity index (χ1n) is 9.18. The van der Waals surface area contributed by atoms with Gasteiger partial charge in [0.15, 0.2) is 10.9 Å². The second-order valence-corrected chi connectivity index (χ2v) is 9.38. The molecule has 0 aromatic carbocycles. The highest BCUT2D eigenvalue weighted by Crippen LogP contribution is 2.75. The van der Waals surface area contributed by atoms with Gasteiger partial charge in [-0.25, -0.2) is 0 Å². The Morgan fingerprint density at radius 3 is 2.79 bits per heavy atom. The fourth-order valence-corrected chi connectivity index (χ4v) is 7.47. The van der Waals surface area contributed by atoms with Crippen molar-refractivity contribution in [1.82, 2.24) is 0 Å². The molecule has 4 fully saturated rings. The number of rotatable bonds is 1. The molecule has 7 unspecified atom stereocenters. The molecule has 128 valence electrons. The zero-order chi connectivity index (χ0) is 16.9. The van der Waals surface area contributed by atoms with Crippen molar-refractivity contribution >= 4 is 23.5 Å². The third-order valence-electron chi connectivity index (χ3n) is 8.23. The van der Waals surface area contributed by atoms with Crippen LogP contribution in [0.2, 0.25) is 0 Å². The van der Waals surface area contributed by atoms with Crippen LogP contribution < -0.4 is 0 Å². The van der Waals surface area contributed by atoms with Crippen molar-refractivity contribution in [3.8, 4) is 0 Å². The van der Waals surface area contributed by atoms with E-state index in [-0.39, 0.29) is 39.4 Å². The molecular weight excluding hydrogens is 320 g/mol. The Hall–Kier alpha value is -0.870.